The molecule has 0 fully saturated rings. The lowest BCUT2D eigenvalue weighted by Crippen LogP contribution is -2.43. The topological polar surface area (TPSA) is 61.3 Å². The van der Waals surface area contributed by atoms with Gasteiger partial charge in [0.05, 0.1) is 12.8 Å². The molecule has 0 spiro atoms. The van der Waals surface area contributed by atoms with Crippen molar-refractivity contribution in [1.29, 1.82) is 0 Å². The first-order chi connectivity index (χ1) is 11.5. The van der Waals surface area contributed by atoms with E-state index in [-0.39, 0.29) is 0 Å². The van der Waals surface area contributed by atoms with E-state index in [0.717, 1.165) is 29.7 Å². The van der Waals surface area contributed by atoms with Crippen LogP contribution in [0.3, 0.4) is 0 Å². The summed E-state index contributed by atoms with van der Waals surface area (Å²) in [6, 6.07) is 5.96. The Kier molecular flexibility index (Phi) is 6.44. The summed E-state index contributed by atoms with van der Waals surface area (Å²) >= 11 is 0. The van der Waals surface area contributed by atoms with Crippen molar-refractivity contribution < 1.29 is 4.74 Å². The van der Waals surface area contributed by atoms with Gasteiger partial charge in [-0.2, -0.15) is 0 Å². The van der Waals surface area contributed by atoms with Crippen LogP contribution in [-0.2, 0) is 5.66 Å². The molecule has 0 saturated heterocycles. The average molecular weight is 326 g/mol. The summed E-state index contributed by atoms with van der Waals surface area (Å²) in [6.07, 6.45) is 13.4. The lowest BCUT2D eigenvalue weighted by molar-refractivity contribution is 0.374. The van der Waals surface area contributed by atoms with Crippen molar-refractivity contribution in [3.8, 4) is 5.75 Å². The third-order valence-electron chi connectivity index (χ3n) is 4.66. The van der Waals surface area contributed by atoms with Crippen LogP contribution in [0.25, 0.3) is 6.08 Å². The Morgan fingerprint density at radius 3 is 2.62 bits per heavy atom. The van der Waals surface area contributed by atoms with Crippen molar-refractivity contribution in [3.63, 3.8) is 0 Å². The first kappa shape index (κ1) is 18.5. The number of hydrogen-bond acceptors (Lipinski definition) is 3. The Labute approximate surface area is 146 Å². The van der Waals surface area contributed by atoms with Gasteiger partial charge in [-0.1, -0.05) is 43.7 Å². The van der Waals surface area contributed by atoms with E-state index in [1.54, 1.807) is 14.0 Å². The minimum Gasteiger partial charge on any atom is -0.496 e. The molecule has 1 aromatic rings. The third kappa shape index (κ3) is 4.61. The van der Waals surface area contributed by atoms with Crippen molar-refractivity contribution in [3.05, 3.63) is 53.3 Å². The van der Waals surface area contributed by atoms with Crippen molar-refractivity contribution >= 4 is 6.08 Å². The molecule has 1 atom stereocenters. The number of methoxy groups -OCH3 is 1. The number of rotatable bonds is 7. The van der Waals surface area contributed by atoms with Gasteiger partial charge in [-0.25, -0.2) is 0 Å². The molecule has 0 aromatic heterocycles. The van der Waals surface area contributed by atoms with Gasteiger partial charge in [0.25, 0.3) is 0 Å². The molecule has 3 heteroatoms. The maximum absolute atomic E-state index is 6.08. The molecule has 0 aliphatic heterocycles. The van der Waals surface area contributed by atoms with Crippen molar-refractivity contribution in [2.24, 2.45) is 23.3 Å². The lowest BCUT2D eigenvalue weighted by Gasteiger charge is -2.24. The van der Waals surface area contributed by atoms with E-state index >= 15 is 0 Å². The standard InChI is InChI=1S/C21H30N2O/c1-4-9-16(17-10-6-5-7-11-17)14-15-18-12-8-13-19(20(18)24-3)21(2,22)23/h6-8,12-17H,4,9-11,22-23H2,1-3H3/b15-14+/t16-/m1/s1. The third-order valence-corrected chi connectivity index (χ3v) is 4.66. The fourth-order valence-corrected chi connectivity index (χ4v) is 3.36. The Morgan fingerprint density at radius 2 is 2.04 bits per heavy atom. The number of ether oxygens (including phenoxy) is 1. The van der Waals surface area contributed by atoms with Gasteiger partial charge in [0.1, 0.15) is 5.75 Å². The molecule has 0 radical (unpaired) electrons. The molecule has 1 aromatic carbocycles. The Morgan fingerprint density at radius 1 is 1.33 bits per heavy atom. The molecular formula is C21H30N2O. The molecule has 1 aliphatic rings. The zero-order valence-corrected chi connectivity index (χ0v) is 15.1. The summed E-state index contributed by atoms with van der Waals surface area (Å²) < 4.78 is 5.61. The highest BCUT2D eigenvalue weighted by molar-refractivity contribution is 5.61. The predicted octanol–water partition coefficient (Wildman–Crippen LogP) is 4.34. The highest BCUT2D eigenvalue weighted by Gasteiger charge is 2.22. The van der Waals surface area contributed by atoms with E-state index in [1.807, 2.05) is 18.2 Å². The fraction of sp³-hybridized carbons (Fsp3) is 0.476. The van der Waals surface area contributed by atoms with Crippen LogP contribution in [0.5, 0.6) is 5.75 Å². The molecular weight excluding hydrogens is 296 g/mol. The van der Waals surface area contributed by atoms with Crippen molar-refractivity contribution in [2.45, 2.75) is 45.2 Å². The largest absolute Gasteiger partial charge is 0.496 e. The van der Waals surface area contributed by atoms with Crippen LogP contribution in [0, 0.1) is 11.8 Å². The van der Waals surface area contributed by atoms with E-state index in [2.05, 4.69) is 37.0 Å². The summed E-state index contributed by atoms with van der Waals surface area (Å²) in [4.78, 5) is 0. The summed E-state index contributed by atoms with van der Waals surface area (Å²) in [5, 5.41) is 0. The Bertz CT molecular complexity index is 624. The van der Waals surface area contributed by atoms with Crippen LogP contribution in [0.1, 0.15) is 50.7 Å². The molecule has 0 heterocycles. The molecule has 4 N–H and O–H groups in total. The van der Waals surface area contributed by atoms with E-state index < -0.39 is 5.66 Å². The maximum atomic E-state index is 6.08. The number of benzene rings is 1. The van der Waals surface area contributed by atoms with E-state index in [9.17, 15) is 0 Å². The van der Waals surface area contributed by atoms with E-state index in [4.69, 9.17) is 16.2 Å². The van der Waals surface area contributed by atoms with Crippen LogP contribution >= 0.6 is 0 Å². The Hall–Kier alpha value is -1.80. The van der Waals surface area contributed by atoms with Gasteiger partial charge >= 0.3 is 0 Å². The molecule has 3 nitrogen and oxygen atoms in total. The molecule has 0 unspecified atom stereocenters. The molecule has 1 aliphatic carbocycles. The average Bonchev–Trinajstić information content (AvgIpc) is 2.58. The number of allylic oxidation sites excluding steroid dienone is 2. The van der Waals surface area contributed by atoms with E-state index in [1.165, 1.54) is 12.8 Å². The highest BCUT2D eigenvalue weighted by Crippen LogP contribution is 2.32. The van der Waals surface area contributed by atoms with E-state index in [0.29, 0.717) is 11.8 Å². The zero-order valence-electron chi connectivity index (χ0n) is 15.1. The van der Waals surface area contributed by atoms with Gasteiger partial charge in [-0.3, -0.25) is 0 Å². The quantitative estimate of drug-likeness (QED) is 0.579. The van der Waals surface area contributed by atoms with Gasteiger partial charge < -0.3 is 16.2 Å². The van der Waals surface area contributed by atoms with Crippen LogP contribution in [0.2, 0.25) is 0 Å². The highest BCUT2D eigenvalue weighted by atomic mass is 16.5. The number of hydrogen-bond donors (Lipinski definition) is 2. The number of para-hydroxylation sites is 1. The second kappa shape index (κ2) is 8.34. The lowest BCUT2D eigenvalue weighted by atomic mass is 9.82. The summed E-state index contributed by atoms with van der Waals surface area (Å²) in [5.74, 6) is 1.98. The zero-order chi connectivity index (χ0) is 17.6. The van der Waals surface area contributed by atoms with Crippen LogP contribution < -0.4 is 16.2 Å². The van der Waals surface area contributed by atoms with Gasteiger partial charge in [0.2, 0.25) is 0 Å². The molecule has 24 heavy (non-hydrogen) atoms. The summed E-state index contributed by atoms with van der Waals surface area (Å²) in [7, 11) is 1.67. The first-order valence-electron chi connectivity index (χ1n) is 8.80. The monoisotopic (exact) mass is 326 g/mol. The van der Waals surface area contributed by atoms with Gasteiger partial charge in [0, 0.05) is 11.1 Å². The molecule has 0 bridgehead atoms. The van der Waals surface area contributed by atoms with Gasteiger partial charge in [-0.05, 0) is 50.2 Å². The minimum absolute atomic E-state index is 0.556. The predicted molar refractivity (Wildman–Crippen MR) is 102 cm³/mol. The van der Waals surface area contributed by atoms with Gasteiger partial charge in [0.15, 0.2) is 0 Å². The second-order valence-corrected chi connectivity index (χ2v) is 6.83. The maximum Gasteiger partial charge on any atom is 0.132 e. The normalized spacial score (nSPS) is 16.7. The summed E-state index contributed by atoms with van der Waals surface area (Å²) in [5.41, 5.74) is 16.3. The summed E-state index contributed by atoms with van der Waals surface area (Å²) in [6.45, 7) is 4.03. The molecule has 130 valence electrons. The van der Waals surface area contributed by atoms with Crippen LogP contribution in [0.15, 0.2) is 42.2 Å². The fourth-order valence-electron chi connectivity index (χ4n) is 3.36. The first-order valence-corrected chi connectivity index (χ1v) is 8.80. The SMILES string of the molecule is CCC[C@H](/C=C/c1cccc(C(C)(N)N)c1OC)C1CC=C=CC1. The van der Waals surface area contributed by atoms with Crippen molar-refractivity contribution in [1.82, 2.24) is 0 Å². The second-order valence-electron chi connectivity index (χ2n) is 6.83. The number of nitrogens with two attached hydrogens (primary N) is 2. The minimum atomic E-state index is -0.920. The Balaban J connectivity index is 2.27. The van der Waals surface area contributed by atoms with Crippen LogP contribution in [0.4, 0.5) is 0 Å². The smallest absolute Gasteiger partial charge is 0.132 e. The molecule has 0 saturated carbocycles. The molecule has 0 amide bonds. The van der Waals surface area contributed by atoms with Crippen molar-refractivity contribution in [2.75, 3.05) is 7.11 Å². The van der Waals surface area contributed by atoms with Gasteiger partial charge in [-0.15, -0.1) is 5.73 Å². The molecule has 2 rings (SSSR count). The van der Waals surface area contributed by atoms with Crippen LogP contribution in [-0.4, -0.2) is 7.11 Å².